The largest absolute Gasteiger partial charge is 0.494 e. The van der Waals surface area contributed by atoms with E-state index in [0.717, 1.165) is 6.07 Å². The Hall–Kier alpha value is -2.34. The molecule has 118 valence electrons. The van der Waals surface area contributed by atoms with Crippen LogP contribution in [-0.2, 0) is 5.60 Å². The standard InChI is InChI=1S/C16H18FNO4/c1-10-4-7-14(22-10)16(2,20)9-18-15(19)11-5-6-13(21-3)12(17)8-11/h4-8,20H,9H2,1-3H3,(H,18,19). The van der Waals surface area contributed by atoms with Crippen LogP contribution in [0.25, 0.3) is 0 Å². The molecule has 0 saturated carbocycles. The Labute approximate surface area is 127 Å². The van der Waals surface area contributed by atoms with E-state index in [0.29, 0.717) is 11.5 Å². The maximum atomic E-state index is 13.6. The first-order valence-corrected chi connectivity index (χ1v) is 6.74. The van der Waals surface area contributed by atoms with Gasteiger partial charge in [0.25, 0.3) is 5.91 Å². The average molecular weight is 307 g/mol. The molecule has 0 aliphatic carbocycles. The first kappa shape index (κ1) is 16.0. The van der Waals surface area contributed by atoms with Gasteiger partial charge in [-0.15, -0.1) is 0 Å². The lowest BCUT2D eigenvalue weighted by atomic mass is 10.0. The Kier molecular flexibility index (Phi) is 4.51. The van der Waals surface area contributed by atoms with Crippen molar-refractivity contribution in [2.45, 2.75) is 19.4 Å². The number of amides is 1. The zero-order valence-electron chi connectivity index (χ0n) is 12.6. The lowest BCUT2D eigenvalue weighted by Gasteiger charge is -2.21. The van der Waals surface area contributed by atoms with E-state index in [1.54, 1.807) is 19.1 Å². The van der Waals surface area contributed by atoms with Crippen LogP contribution in [0.3, 0.4) is 0 Å². The monoisotopic (exact) mass is 307 g/mol. The fourth-order valence-corrected chi connectivity index (χ4v) is 1.97. The number of rotatable bonds is 5. The van der Waals surface area contributed by atoms with Crippen molar-refractivity contribution in [1.82, 2.24) is 5.32 Å². The van der Waals surface area contributed by atoms with Gasteiger partial charge in [0.05, 0.1) is 13.7 Å². The smallest absolute Gasteiger partial charge is 0.251 e. The van der Waals surface area contributed by atoms with Crippen molar-refractivity contribution in [3.63, 3.8) is 0 Å². The highest BCUT2D eigenvalue weighted by atomic mass is 19.1. The summed E-state index contributed by atoms with van der Waals surface area (Å²) in [7, 11) is 1.35. The zero-order chi connectivity index (χ0) is 16.3. The van der Waals surface area contributed by atoms with Gasteiger partial charge in [-0.25, -0.2) is 4.39 Å². The molecule has 0 aliphatic rings. The molecule has 6 heteroatoms. The molecule has 1 aromatic carbocycles. The van der Waals surface area contributed by atoms with Crippen molar-refractivity contribution < 1.29 is 23.4 Å². The molecule has 0 bridgehead atoms. The number of hydrogen-bond acceptors (Lipinski definition) is 4. The van der Waals surface area contributed by atoms with Crippen LogP contribution in [0.2, 0.25) is 0 Å². The fraction of sp³-hybridized carbons (Fsp3) is 0.312. The molecule has 5 nitrogen and oxygen atoms in total. The van der Waals surface area contributed by atoms with Gasteiger partial charge in [0, 0.05) is 5.56 Å². The normalized spacial score (nSPS) is 13.5. The minimum Gasteiger partial charge on any atom is -0.494 e. The quantitative estimate of drug-likeness (QED) is 0.889. The van der Waals surface area contributed by atoms with E-state index in [1.165, 1.54) is 26.2 Å². The topological polar surface area (TPSA) is 71.7 Å². The number of benzene rings is 1. The summed E-state index contributed by atoms with van der Waals surface area (Å²) in [5.74, 6) is -0.0340. The molecule has 0 fully saturated rings. The molecule has 22 heavy (non-hydrogen) atoms. The Balaban J connectivity index is 2.04. The van der Waals surface area contributed by atoms with E-state index in [4.69, 9.17) is 9.15 Å². The van der Waals surface area contributed by atoms with Gasteiger partial charge in [-0.05, 0) is 44.2 Å². The van der Waals surface area contributed by atoms with E-state index >= 15 is 0 Å². The molecule has 2 aromatic rings. The van der Waals surface area contributed by atoms with Crippen molar-refractivity contribution in [3.8, 4) is 5.75 Å². The van der Waals surface area contributed by atoms with Gasteiger partial charge in [-0.1, -0.05) is 0 Å². The summed E-state index contributed by atoms with van der Waals surface area (Å²) >= 11 is 0. The molecule has 0 radical (unpaired) electrons. The Morgan fingerprint density at radius 2 is 2.14 bits per heavy atom. The number of aryl methyl sites for hydroxylation is 1. The van der Waals surface area contributed by atoms with Gasteiger partial charge in [0.2, 0.25) is 0 Å². The number of hydrogen-bond donors (Lipinski definition) is 2. The molecule has 1 heterocycles. The van der Waals surface area contributed by atoms with Crippen LogP contribution in [-0.4, -0.2) is 24.7 Å². The number of nitrogens with one attached hydrogen (secondary N) is 1. The summed E-state index contributed by atoms with van der Waals surface area (Å²) in [5.41, 5.74) is -1.21. The van der Waals surface area contributed by atoms with Gasteiger partial charge in [-0.2, -0.15) is 0 Å². The molecular weight excluding hydrogens is 289 g/mol. The van der Waals surface area contributed by atoms with Crippen LogP contribution in [0.4, 0.5) is 4.39 Å². The molecule has 1 atom stereocenters. The van der Waals surface area contributed by atoms with Gasteiger partial charge in [-0.3, -0.25) is 4.79 Å². The van der Waals surface area contributed by atoms with Gasteiger partial charge in [0.15, 0.2) is 11.6 Å². The van der Waals surface area contributed by atoms with Gasteiger partial charge < -0.3 is 19.6 Å². The van der Waals surface area contributed by atoms with Crippen molar-refractivity contribution in [2.24, 2.45) is 0 Å². The van der Waals surface area contributed by atoms with Crippen LogP contribution in [0, 0.1) is 12.7 Å². The number of methoxy groups -OCH3 is 1. The van der Waals surface area contributed by atoms with Crippen LogP contribution in [0.1, 0.15) is 28.8 Å². The second-order valence-corrected chi connectivity index (χ2v) is 5.22. The lowest BCUT2D eigenvalue weighted by Crippen LogP contribution is -2.38. The van der Waals surface area contributed by atoms with Crippen molar-refractivity contribution in [2.75, 3.05) is 13.7 Å². The van der Waals surface area contributed by atoms with Crippen molar-refractivity contribution >= 4 is 5.91 Å². The van der Waals surface area contributed by atoms with Crippen molar-refractivity contribution in [1.29, 1.82) is 0 Å². The summed E-state index contributed by atoms with van der Waals surface area (Å²) in [6.07, 6.45) is 0. The first-order valence-electron chi connectivity index (χ1n) is 6.74. The second kappa shape index (κ2) is 6.19. The third-order valence-electron chi connectivity index (χ3n) is 3.28. The summed E-state index contributed by atoms with van der Waals surface area (Å²) < 4.78 is 23.7. The van der Waals surface area contributed by atoms with Crippen LogP contribution in [0.5, 0.6) is 5.75 Å². The number of carbonyl (C=O) groups is 1. The SMILES string of the molecule is COc1ccc(C(=O)NCC(C)(O)c2ccc(C)o2)cc1F. The molecule has 2 rings (SSSR count). The summed E-state index contributed by atoms with van der Waals surface area (Å²) in [4.78, 5) is 12.0. The average Bonchev–Trinajstić information content (AvgIpc) is 2.92. The maximum absolute atomic E-state index is 13.6. The Morgan fingerprint density at radius 3 is 2.68 bits per heavy atom. The molecule has 0 saturated heterocycles. The Bertz CT molecular complexity index is 679. The third-order valence-corrected chi connectivity index (χ3v) is 3.28. The van der Waals surface area contributed by atoms with E-state index in [1.807, 2.05) is 0 Å². The molecular formula is C16H18FNO4. The Morgan fingerprint density at radius 1 is 1.41 bits per heavy atom. The number of carbonyl (C=O) groups excluding carboxylic acids is 1. The maximum Gasteiger partial charge on any atom is 0.251 e. The van der Waals surface area contributed by atoms with Gasteiger partial charge in [0.1, 0.15) is 17.1 Å². The van der Waals surface area contributed by atoms with E-state index < -0.39 is 17.3 Å². The van der Waals surface area contributed by atoms with Gasteiger partial charge >= 0.3 is 0 Å². The molecule has 2 N–H and O–H groups in total. The number of halogens is 1. The highest BCUT2D eigenvalue weighted by molar-refractivity contribution is 5.94. The molecule has 1 amide bonds. The highest BCUT2D eigenvalue weighted by Crippen LogP contribution is 2.22. The van der Waals surface area contributed by atoms with Crippen molar-refractivity contribution in [3.05, 3.63) is 53.2 Å². The molecule has 1 unspecified atom stereocenters. The molecule has 0 spiro atoms. The van der Waals surface area contributed by atoms with Crippen LogP contribution in [0.15, 0.2) is 34.7 Å². The minimum absolute atomic E-state index is 0.0631. The molecule has 1 aromatic heterocycles. The van der Waals surface area contributed by atoms with E-state index in [2.05, 4.69) is 5.32 Å². The highest BCUT2D eigenvalue weighted by Gasteiger charge is 2.27. The van der Waals surface area contributed by atoms with Crippen LogP contribution >= 0.6 is 0 Å². The zero-order valence-corrected chi connectivity index (χ0v) is 12.6. The van der Waals surface area contributed by atoms with Crippen LogP contribution < -0.4 is 10.1 Å². The van der Waals surface area contributed by atoms with E-state index in [-0.39, 0.29) is 17.9 Å². The second-order valence-electron chi connectivity index (χ2n) is 5.22. The number of furan rings is 1. The summed E-state index contributed by atoms with van der Waals surface area (Å²) in [5, 5.41) is 12.9. The summed E-state index contributed by atoms with van der Waals surface area (Å²) in [6, 6.07) is 7.28. The number of aliphatic hydroxyl groups is 1. The predicted octanol–water partition coefficient (Wildman–Crippen LogP) is 2.37. The molecule has 0 aliphatic heterocycles. The fourth-order valence-electron chi connectivity index (χ4n) is 1.97. The lowest BCUT2D eigenvalue weighted by molar-refractivity contribution is 0.0323. The number of ether oxygens (including phenoxy) is 1. The summed E-state index contributed by atoms with van der Waals surface area (Å²) in [6.45, 7) is 3.23. The van der Waals surface area contributed by atoms with E-state index in [9.17, 15) is 14.3 Å². The minimum atomic E-state index is -1.35. The third kappa shape index (κ3) is 3.46. The predicted molar refractivity (Wildman–Crippen MR) is 78.3 cm³/mol. The first-order chi connectivity index (χ1) is 10.3.